The molecule has 1 aromatic carbocycles. The Kier molecular flexibility index (Phi) is 2.64. The lowest BCUT2D eigenvalue weighted by Gasteiger charge is -2.27. The van der Waals surface area contributed by atoms with E-state index in [1.807, 2.05) is 0 Å². The zero-order valence-electron chi connectivity index (χ0n) is 9.06. The third-order valence-electron chi connectivity index (χ3n) is 2.67. The van der Waals surface area contributed by atoms with Gasteiger partial charge in [-0.15, -0.1) is 0 Å². The SMILES string of the molecule is CC(=O)CN1CCc2cc(O)ccc2C1=O. The van der Waals surface area contributed by atoms with Gasteiger partial charge in [0.1, 0.15) is 11.5 Å². The van der Waals surface area contributed by atoms with Crippen molar-refractivity contribution in [3.63, 3.8) is 0 Å². The Balaban J connectivity index is 2.29. The number of benzene rings is 1. The molecule has 16 heavy (non-hydrogen) atoms. The van der Waals surface area contributed by atoms with Crippen molar-refractivity contribution in [3.05, 3.63) is 29.3 Å². The molecule has 0 aliphatic carbocycles. The lowest BCUT2D eigenvalue weighted by molar-refractivity contribution is -0.117. The van der Waals surface area contributed by atoms with Crippen LogP contribution in [0.2, 0.25) is 0 Å². The van der Waals surface area contributed by atoms with Crippen molar-refractivity contribution in [2.45, 2.75) is 13.3 Å². The van der Waals surface area contributed by atoms with Crippen molar-refractivity contribution >= 4 is 11.7 Å². The molecule has 1 amide bonds. The Morgan fingerprint density at radius 3 is 2.94 bits per heavy atom. The fourth-order valence-electron chi connectivity index (χ4n) is 1.94. The van der Waals surface area contributed by atoms with Crippen molar-refractivity contribution in [1.29, 1.82) is 0 Å². The summed E-state index contributed by atoms with van der Waals surface area (Å²) in [6.07, 6.45) is 0.683. The van der Waals surface area contributed by atoms with E-state index in [2.05, 4.69) is 0 Å². The van der Waals surface area contributed by atoms with Crippen LogP contribution in [0.25, 0.3) is 0 Å². The van der Waals surface area contributed by atoms with E-state index in [9.17, 15) is 14.7 Å². The summed E-state index contributed by atoms with van der Waals surface area (Å²) in [4.78, 5) is 24.5. The number of carbonyl (C=O) groups is 2. The van der Waals surface area contributed by atoms with Gasteiger partial charge in [0.15, 0.2) is 0 Å². The maximum absolute atomic E-state index is 12.0. The van der Waals surface area contributed by atoms with Gasteiger partial charge in [0, 0.05) is 12.1 Å². The molecule has 0 unspecified atom stereocenters. The first-order valence-electron chi connectivity index (χ1n) is 5.18. The summed E-state index contributed by atoms with van der Waals surface area (Å²) in [5, 5.41) is 9.31. The van der Waals surface area contributed by atoms with Gasteiger partial charge >= 0.3 is 0 Å². The molecule has 0 spiro atoms. The molecule has 0 bridgehead atoms. The number of Topliss-reactive ketones (excluding diaryl/α,β-unsaturated/α-hetero) is 1. The van der Waals surface area contributed by atoms with E-state index in [0.717, 1.165) is 5.56 Å². The minimum Gasteiger partial charge on any atom is -0.508 e. The number of phenols is 1. The van der Waals surface area contributed by atoms with Crippen molar-refractivity contribution in [1.82, 2.24) is 4.90 Å². The van der Waals surface area contributed by atoms with Crippen LogP contribution in [0.1, 0.15) is 22.8 Å². The first kappa shape index (κ1) is 10.7. The van der Waals surface area contributed by atoms with E-state index < -0.39 is 0 Å². The molecule has 1 aliphatic heterocycles. The maximum atomic E-state index is 12.0. The Morgan fingerprint density at radius 2 is 2.25 bits per heavy atom. The molecule has 1 heterocycles. The predicted octanol–water partition coefficient (Wildman–Crippen LogP) is 0.979. The van der Waals surface area contributed by atoms with Gasteiger partial charge in [-0.1, -0.05) is 0 Å². The number of amides is 1. The second-order valence-corrected chi connectivity index (χ2v) is 4.02. The molecule has 0 saturated carbocycles. The molecule has 1 aliphatic rings. The summed E-state index contributed by atoms with van der Waals surface area (Å²) in [6, 6.07) is 4.71. The molecule has 0 atom stereocenters. The van der Waals surface area contributed by atoms with Gasteiger partial charge in [-0.2, -0.15) is 0 Å². The van der Waals surface area contributed by atoms with E-state index in [0.29, 0.717) is 18.5 Å². The Bertz CT molecular complexity index is 454. The van der Waals surface area contributed by atoms with Crippen LogP contribution in [0.3, 0.4) is 0 Å². The van der Waals surface area contributed by atoms with Gasteiger partial charge in [-0.25, -0.2) is 0 Å². The highest BCUT2D eigenvalue weighted by Gasteiger charge is 2.24. The summed E-state index contributed by atoms with van der Waals surface area (Å²) < 4.78 is 0. The molecule has 2 rings (SSSR count). The van der Waals surface area contributed by atoms with Crippen LogP contribution in [0.5, 0.6) is 5.75 Å². The first-order chi connectivity index (χ1) is 7.58. The second kappa shape index (κ2) is 3.96. The van der Waals surface area contributed by atoms with Crippen molar-refractivity contribution < 1.29 is 14.7 Å². The molecule has 1 N–H and O–H groups in total. The summed E-state index contributed by atoms with van der Waals surface area (Å²) in [7, 11) is 0. The van der Waals surface area contributed by atoms with Gasteiger partial charge in [-0.3, -0.25) is 9.59 Å². The summed E-state index contributed by atoms with van der Waals surface area (Å²) >= 11 is 0. The average Bonchev–Trinajstić information content (AvgIpc) is 2.22. The smallest absolute Gasteiger partial charge is 0.254 e. The van der Waals surface area contributed by atoms with Crippen LogP contribution in [0.4, 0.5) is 0 Å². The van der Waals surface area contributed by atoms with Crippen LogP contribution in [-0.2, 0) is 11.2 Å². The zero-order valence-corrected chi connectivity index (χ0v) is 9.06. The summed E-state index contributed by atoms with van der Waals surface area (Å²) in [6.45, 7) is 2.17. The largest absolute Gasteiger partial charge is 0.508 e. The summed E-state index contributed by atoms with van der Waals surface area (Å²) in [5.74, 6) is 0.0265. The highest BCUT2D eigenvalue weighted by Crippen LogP contribution is 2.22. The number of hydrogen-bond acceptors (Lipinski definition) is 3. The van der Waals surface area contributed by atoms with Crippen molar-refractivity contribution in [3.8, 4) is 5.75 Å². The molecule has 1 aromatic rings. The van der Waals surface area contributed by atoms with Crippen molar-refractivity contribution in [2.24, 2.45) is 0 Å². The lowest BCUT2D eigenvalue weighted by Crippen LogP contribution is -2.40. The number of ketones is 1. The average molecular weight is 219 g/mol. The van der Waals surface area contributed by atoms with Crippen LogP contribution in [0, 0.1) is 0 Å². The maximum Gasteiger partial charge on any atom is 0.254 e. The topological polar surface area (TPSA) is 57.6 Å². The minimum atomic E-state index is -0.128. The number of hydrogen-bond donors (Lipinski definition) is 1. The summed E-state index contributed by atoms with van der Waals surface area (Å²) in [5.41, 5.74) is 1.44. The van der Waals surface area contributed by atoms with Crippen LogP contribution < -0.4 is 0 Å². The van der Waals surface area contributed by atoms with Crippen molar-refractivity contribution in [2.75, 3.05) is 13.1 Å². The zero-order chi connectivity index (χ0) is 11.7. The molecule has 4 heteroatoms. The van der Waals surface area contributed by atoms with E-state index in [1.54, 1.807) is 17.0 Å². The predicted molar refractivity (Wildman–Crippen MR) is 58.4 cm³/mol. The van der Waals surface area contributed by atoms with E-state index in [1.165, 1.54) is 13.0 Å². The number of nitrogens with zero attached hydrogens (tertiary/aromatic N) is 1. The molecule has 0 saturated heterocycles. The van der Waals surface area contributed by atoms with Crippen LogP contribution >= 0.6 is 0 Å². The molecular formula is C12H13NO3. The van der Waals surface area contributed by atoms with Crippen LogP contribution in [-0.4, -0.2) is 34.8 Å². The van der Waals surface area contributed by atoms with Gasteiger partial charge in [0.25, 0.3) is 5.91 Å². The number of aromatic hydroxyl groups is 1. The van der Waals surface area contributed by atoms with Gasteiger partial charge in [0.2, 0.25) is 0 Å². The fraction of sp³-hybridized carbons (Fsp3) is 0.333. The Labute approximate surface area is 93.5 Å². The number of rotatable bonds is 2. The first-order valence-corrected chi connectivity index (χ1v) is 5.18. The number of fused-ring (bicyclic) bond motifs is 1. The van der Waals surface area contributed by atoms with Gasteiger partial charge in [-0.05, 0) is 37.1 Å². The number of phenolic OH excluding ortho intramolecular Hbond substituents is 1. The molecule has 4 nitrogen and oxygen atoms in total. The Hall–Kier alpha value is -1.84. The fourth-order valence-corrected chi connectivity index (χ4v) is 1.94. The van der Waals surface area contributed by atoms with Crippen LogP contribution in [0.15, 0.2) is 18.2 Å². The molecule has 0 aromatic heterocycles. The normalized spacial score (nSPS) is 14.8. The lowest BCUT2D eigenvalue weighted by atomic mass is 9.98. The minimum absolute atomic E-state index is 0.0180. The van der Waals surface area contributed by atoms with E-state index >= 15 is 0 Å². The standard InChI is InChI=1S/C12H13NO3/c1-8(14)7-13-5-4-9-6-10(15)2-3-11(9)12(13)16/h2-3,6,15H,4-5,7H2,1H3. The third kappa shape index (κ3) is 1.91. The molecule has 0 radical (unpaired) electrons. The molecular weight excluding hydrogens is 206 g/mol. The van der Waals surface area contributed by atoms with Gasteiger partial charge < -0.3 is 10.0 Å². The second-order valence-electron chi connectivity index (χ2n) is 4.02. The monoisotopic (exact) mass is 219 g/mol. The Morgan fingerprint density at radius 1 is 1.50 bits per heavy atom. The number of carbonyl (C=O) groups excluding carboxylic acids is 2. The highest BCUT2D eigenvalue weighted by molar-refractivity contribution is 5.98. The quantitative estimate of drug-likeness (QED) is 0.806. The van der Waals surface area contributed by atoms with Gasteiger partial charge in [0.05, 0.1) is 6.54 Å². The van der Waals surface area contributed by atoms with E-state index in [4.69, 9.17) is 0 Å². The van der Waals surface area contributed by atoms with E-state index in [-0.39, 0.29) is 24.0 Å². The molecule has 84 valence electrons. The molecule has 0 fully saturated rings. The third-order valence-corrected chi connectivity index (χ3v) is 2.67. The highest BCUT2D eigenvalue weighted by atomic mass is 16.3.